The van der Waals surface area contributed by atoms with Crippen molar-refractivity contribution in [2.24, 2.45) is 0 Å². The van der Waals surface area contributed by atoms with Gasteiger partial charge in [0.25, 0.3) is 0 Å². The summed E-state index contributed by atoms with van der Waals surface area (Å²) in [4.78, 5) is 0. The van der Waals surface area contributed by atoms with E-state index in [2.05, 4.69) is 15.9 Å². The molecule has 0 aliphatic heterocycles. The van der Waals surface area contributed by atoms with Crippen molar-refractivity contribution in [3.63, 3.8) is 0 Å². The van der Waals surface area contributed by atoms with Crippen molar-refractivity contribution in [2.45, 2.75) is 19.0 Å². The van der Waals surface area contributed by atoms with Crippen LogP contribution >= 0.6 is 15.9 Å². The molecule has 0 saturated carbocycles. The summed E-state index contributed by atoms with van der Waals surface area (Å²) < 4.78 is 12.8. The average molecular weight is 231 g/mol. The molecule has 0 amide bonds. The van der Waals surface area contributed by atoms with Crippen LogP contribution in [0.3, 0.4) is 0 Å². The number of alkyl halides is 2. The van der Waals surface area contributed by atoms with Gasteiger partial charge in [0.15, 0.2) is 0 Å². The standard InChI is InChI=1S/C10H12BrF/c11-8-10(12)7-6-9-4-2-1-3-5-9/h1-5,10H,6-8H2. The minimum Gasteiger partial charge on any atom is -0.247 e. The third-order valence-corrected chi connectivity index (χ3v) is 2.46. The van der Waals surface area contributed by atoms with E-state index in [1.807, 2.05) is 30.3 Å². The minimum absolute atomic E-state index is 0.444. The van der Waals surface area contributed by atoms with E-state index < -0.39 is 6.17 Å². The molecule has 0 saturated heterocycles. The normalized spacial score (nSPS) is 12.8. The molecule has 0 aliphatic rings. The second-order valence-corrected chi connectivity index (χ2v) is 3.42. The molecule has 0 heterocycles. The number of halogens is 2. The first-order valence-electron chi connectivity index (χ1n) is 4.07. The molecular weight excluding hydrogens is 219 g/mol. The highest BCUT2D eigenvalue weighted by molar-refractivity contribution is 9.09. The molecule has 0 nitrogen and oxygen atoms in total. The van der Waals surface area contributed by atoms with Crippen molar-refractivity contribution >= 4 is 15.9 Å². The Morgan fingerprint density at radius 3 is 2.50 bits per heavy atom. The molecule has 1 rings (SSSR count). The fourth-order valence-corrected chi connectivity index (χ4v) is 1.37. The molecule has 0 radical (unpaired) electrons. The fourth-order valence-electron chi connectivity index (χ4n) is 1.05. The highest BCUT2D eigenvalue weighted by Crippen LogP contribution is 2.08. The Morgan fingerprint density at radius 1 is 1.25 bits per heavy atom. The lowest BCUT2D eigenvalue weighted by Crippen LogP contribution is -2.02. The zero-order valence-electron chi connectivity index (χ0n) is 6.84. The van der Waals surface area contributed by atoms with E-state index in [4.69, 9.17) is 0 Å². The summed E-state index contributed by atoms with van der Waals surface area (Å²) in [5, 5.41) is 0.444. The van der Waals surface area contributed by atoms with Gasteiger partial charge in [-0.15, -0.1) is 0 Å². The second-order valence-electron chi connectivity index (χ2n) is 2.78. The van der Waals surface area contributed by atoms with Gasteiger partial charge < -0.3 is 0 Å². The molecule has 1 aromatic rings. The Bertz CT molecular complexity index is 210. The molecule has 1 aromatic carbocycles. The third-order valence-electron chi connectivity index (χ3n) is 1.76. The first-order valence-corrected chi connectivity index (χ1v) is 5.19. The number of rotatable bonds is 4. The van der Waals surface area contributed by atoms with Crippen LogP contribution in [0.4, 0.5) is 4.39 Å². The van der Waals surface area contributed by atoms with Crippen molar-refractivity contribution in [2.75, 3.05) is 5.33 Å². The lowest BCUT2D eigenvalue weighted by molar-refractivity contribution is 0.349. The SMILES string of the molecule is FC(CBr)CCc1ccccc1. The van der Waals surface area contributed by atoms with Gasteiger partial charge in [-0.05, 0) is 18.4 Å². The third kappa shape index (κ3) is 3.35. The van der Waals surface area contributed by atoms with Gasteiger partial charge >= 0.3 is 0 Å². The van der Waals surface area contributed by atoms with Crippen molar-refractivity contribution in [3.05, 3.63) is 35.9 Å². The maximum atomic E-state index is 12.8. The molecule has 1 unspecified atom stereocenters. The Morgan fingerprint density at radius 2 is 1.92 bits per heavy atom. The van der Waals surface area contributed by atoms with Crippen LogP contribution in [-0.2, 0) is 6.42 Å². The van der Waals surface area contributed by atoms with Gasteiger partial charge in [-0.25, -0.2) is 4.39 Å². The number of hydrogen-bond donors (Lipinski definition) is 0. The lowest BCUT2D eigenvalue weighted by atomic mass is 10.1. The van der Waals surface area contributed by atoms with Crippen LogP contribution in [-0.4, -0.2) is 11.5 Å². The van der Waals surface area contributed by atoms with Crippen LogP contribution in [0.5, 0.6) is 0 Å². The zero-order valence-corrected chi connectivity index (χ0v) is 8.43. The summed E-state index contributed by atoms with van der Waals surface area (Å²) in [7, 11) is 0. The maximum absolute atomic E-state index is 12.8. The van der Waals surface area contributed by atoms with Crippen LogP contribution < -0.4 is 0 Å². The van der Waals surface area contributed by atoms with Crippen LogP contribution in [0, 0.1) is 0 Å². The van der Waals surface area contributed by atoms with E-state index in [9.17, 15) is 4.39 Å². The Kier molecular flexibility index (Phi) is 4.30. The predicted octanol–water partition coefficient (Wildman–Crippen LogP) is 3.35. The van der Waals surface area contributed by atoms with E-state index in [1.165, 1.54) is 5.56 Å². The fraction of sp³-hybridized carbons (Fsp3) is 0.400. The summed E-state index contributed by atoms with van der Waals surface area (Å²) in [6.07, 6.45) is 0.716. The summed E-state index contributed by atoms with van der Waals surface area (Å²) in [5.74, 6) is 0. The number of hydrogen-bond acceptors (Lipinski definition) is 0. The minimum atomic E-state index is -0.717. The highest BCUT2D eigenvalue weighted by atomic mass is 79.9. The van der Waals surface area contributed by atoms with Crippen molar-refractivity contribution < 1.29 is 4.39 Å². The van der Waals surface area contributed by atoms with Crippen LogP contribution in [0.2, 0.25) is 0 Å². The van der Waals surface area contributed by atoms with Gasteiger partial charge in [-0.1, -0.05) is 46.3 Å². The summed E-state index contributed by atoms with van der Waals surface area (Å²) in [6.45, 7) is 0. The van der Waals surface area contributed by atoms with Gasteiger partial charge in [0, 0.05) is 5.33 Å². The summed E-state index contributed by atoms with van der Waals surface area (Å²) in [6, 6.07) is 10.00. The first-order chi connectivity index (χ1) is 5.83. The molecule has 66 valence electrons. The predicted molar refractivity (Wildman–Crippen MR) is 53.5 cm³/mol. The average Bonchev–Trinajstić information content (AvgIpc) is 2.16. The number of aryl methyl sites for hydroxylation is 1. The molecule has 0 N–H and O–H groups in total. The molecular formula is C10H12BrF. The Labute approximate surface area is 80.9 Å². The summed E-state index contributed by atoms with van der Waals surface area (Å²) in [5.41, 5.74) is 1.21. The lowest BCUT2D eigenvalue weighted by Gasteiger charge is -2.03. The maximum Gasteiger partial charge on any atom is 0.110 e. The van der Waals surface area contributed by atoms with Crippen LogP contribution in [0.15, 0.2) is 30.3 Å². The van der Waals surface area contributed by atoms with Gasteiger partial charge in [0.2, 0.25) is 0 Å². The van der Waals surface area contributed by atoms with Gasteiger partial charge in [0.05, 0.1) is 0 Å². The van der Waals surface area contributed by atoms with Gasteiger partial charge in [-0.2, -0.15) is 0 Å². The van der Waals surface area contributed by atoms with Crippen molar-refractivity contribution in [3.8, 4) is 0 Å². The molecule has 2 heteroatoms. The second kappa shape index (κ2) is 5.31. The molecule has 1 atom stereocenters. The molecule has 0 fully saturated rings. The van der Waals surface area contributed by atoms with E-state index in [1.54, 1.807) is 0 Å². The van der Waals surface area contributed by atoms with Crippen LogP contribution in [0.25, 0.3) is 0 Å². The van der Waals surface area contributed by atoms with E-state index in [-0.39, 0.29) is 0 Å². The molecule has 0 aromatic heterocycles. The van der Waals surface area contributed by atoms with E-state index in [0.29, 0.717) is 11.8 Å². The number of benzene rings is 1. The van der Waals surface area contributed by atoms with Crippen molar-refractivity contribution in [1.29, 1.82) is 0 Å². The first kappa shape index (κ1) is 9.72. The highest BCUT2D eigenvalue weighted by Gasteiger charge is 2.03. The largest absolute Gasteiger partial charge is 0.247 e. The monoisotopic (exact) mass is 230 g/mol. The molecule has 0 aliphatic carbocycles. The van der Waals surface area contributed by atoms with E-state index >= 15 is 0 Å². The van der Waals surface area contributed by atoms with Gasteiger partial charge in [-0.3, -0.25) is 0 Å². The quantitative estimate of drug-likeness (QED) is 0.697. The molecule has 0 spiro atoms. The molecule has 0 bridgehead atoms. The zero-order chi connectivity index (χ0) is 8.81. The summed E-state index contributed by atoms with van der Waals surface area (Å²) >= 11 is 3.11. The topological polar surface area (TPSA) is 0 Å². The van der Waals surface area contributed by atoms with Crippen LogP contribution in [0.1, 0.15) is 12.0 Å². The Balaban J connectivity index is 2.33. The van der Waals surface area contributed by atoms with Crippen molar-refractivity contribution in [1.82, 2.24) is 0 Å². The van der Waals surface area contributed by atoms with E-state index in [0.717, 1.165) is 6.42 Å². The smallest absolute Gasteiger partial charge is 0.110 e. The molecule has 12 heavy (non-hydrogen) atoms. The van der Waals surface area contributed by atoms with Gasteiger partial charge in [0.1, 0.15) is 6.17 Å². The Hall–Kier alpha value is -0.370.